The SMILES string of the molecule is COc1cc2c(OC3CCCNC3)c(C(=O)O)sc2cc1C. The first-order valence-electron chi connectivity index (χ1n) is 7.32. The summed E-state index contributed by atoms with van der Waals surface area (Å²) in [6, 6.07) is 3.83. The Morgan fingerprint density at radius 3 is 2.91 bits per heavy atom. The van der Waals surface area contributed by atoms with Crippen LogP contribution in [0.2, 0.25) is 0 Å². The molecule has 0 spiro atoms. The average Bonchev–Trinajstić information content (AvgIpc) is 2.85. The van der Waals surface area contributed by atoms with E-state index >= 15 is 0 Å². The van der Waals surface area contributed by atoms with Gasteiger partial charge < -0.3 is 19.9 Å². The van der Waals surface area contributed by atoms with E-state index in [1.807, 2.05) is 19.1 Å². The molecule has 1 aliphatic heterocycles. The zero-order valence-corrected chi connectivity index (χ0v) is 13.5. The number of piperidine rings is 1. The number of carboxylic acid groups (broad SMARTS) is 1. The quantitative estimate of drug-likeness (QED) is 0.906. The highest BCUT2D eigenvalue weighted by atomic mass is 32.1. The lowest BCUT2D eigenvalue weighted by atomic mass is 10.1. The van der Waals surface area contributed by atoms with E-state index in [0.29, 0.717) is 5.75 Å². The first-order chi connectivity index (χ1) is 10.6. The number of carbonyl (C=O) groups is 1. The zero-order chi connectivity index (χ0) is 15.7. The van der Waals surface area contributed by atoms with E-state index in [1.165, 1.54) is 11.3 Å². The summed E-state index contributed by atoms with van der Waals surface area (Å²) in [5.74, 6) is 0.268. The molecule has 0 bridgehead atoms. The lowest BCUT2D eigenvalue weighted by Gasteiger charge is -2.24. The van der Waals surface area contributed by atoms with Gasteiger partial charge in [-0.15, -0.1) is 11.3 Å². The predicted molar refractivity (Wildman–Crippen MR) is 86.6 cm³/mol. The van der Waals surface area contributed by atoms with Crippen LogP contribution in [0.15, 0.2) is 12.1 Å². The molecular formula is C16H19NO4S. The monoisotopic (exact) mass is 321 g/mol. The number of carboxylic acids is 1. The van der Waals surface area contributed by atoms with Gasteiger partial charge in [0.15, 0.2) is 10.6 Å². The molecule has 6 heteroatoms. The number of benzene rings is 1. The molecule has 0 amide bonds. The number of nitrogens with one attached hydrogen (secondary N) is 1. The number of thiophene rings is 1. The molecule has 1 aromatic carbocycles. The van der Waals surface area contributed by atoms with Crippen LogP contribution < -0.4 is 14.8 Å². The molecule has 0 radical (unpaired) electrons. The van der Waals surface area contributed by atoms with Crippen molar-refractivity contribution in [3.63, 3.8) is 0 Å². The van der Waals surface area contributed by atoms with Crippen molar-refractivity contribution in [2.45, 2.75) is 25.9 Å². The van der Waals surface area contributed by atoms with Crippen molar-refractivity contribution < 1.29 is 19.4 Å². The van der Waals surface area contributed by atoms with Crippen molar-refractivity contribution >= 4 is 27.4 Å². The Kier molecular flexibility index (Phi) is 4.22. The van der Waals surface area contributed by atoms with Crippen LogP contribution in [0.3, 0.4) is 0 Å². The lowest BCUT2D eigenvalue weighted by Crippen LogP contribution is -2.37. The molecule has 1 unspecified atom stereocenters. The minimum Gasteiger partial charge on any atom is -0.496 e. The van der Waals surface area contributed by atoms with Crippen LogP contribution in [0.1, 0.15) is 28.1 Å². The van der Waals surface area contributed by atoms with Crippen LogP contribution in [-0.4, -0.2) is 37.4 Å². The molecule has 1 aliphatic rings. The number of aromatic carboxylic acids is 1. The van der Waals surface area contributed by atoms with E-state index < -0.39 is 5.97 Å². The second kappa shape index (κ2) is 6.14. The minimum absolute atomic E-state index is 0.0111. The molecule has 1 fully saturated rings. The van der Waals surface area contributed by atoms with Crippen molar-refractivity contribution in [1.82, 2.24) is 5.32 Å². The van der Waals surface area contributed by atoms with Crippen molar-refractivity contribution in [2.75, 3.05) is 20.2 Å². The van der Waals surface area contributed by atoms with Gasteiger partial charge in [-0.1, -0.05) is 0 Å². The summed E-state index contributed by atoms with van der Waals surface area (Å²) >= 11 is 1.25. The van der Waals surface area contributed by atoms with Crippen LogP contribution in [0, 0.1) is 6.92 Å². The number of hydrogen-bond donors (Lipinski definition) is 2. The van der Waals surface area contributed by atoms with Gasteiger partial charge in [-0.25, -0.2) is 4.79 Å². The Labute approximate surface area is 132 Å². The van der Waals surface area contributed by atoms with Gasteiger partial charge in [-0.3, -0.25) is 0 Å². The number of methoxy groups -OCH3 is 1. The first-order valence-corrected chi connectivity index (χ1v) is 8.13. The molecule has 1 atom stereocenters. The molecule has 2 aromatic rings. The van der Waals surface area contributed by atoms with Gasteiger partial charge in [0.2, 0.25) is 0 Å². The average molecular weight is 321 g/mol. The molecule has 2 heterocycles. The van der Waals surface area contributed by atoms with E-state index in [1.54, 1.807) is 7.11 Å². The van der Waals surface area contributed by atoms with Gasteiger partial charge in [0.05, 0.1) is 7.11 Å². The molecule has 118 valence electrons. The van der Waals surface area contributed by atoms with E-state index in [2.05, 4.69) is 5.32 Å². The highest BCUT2D eigenvalue weighted by molar-refractivity contribution is 7.21. The Morgan fingerprint density at radius 2 is 2.27 bits per heavy atom. The molecular weight excluding hydrogens is 302 g/mol. The van der Waals surface area contributed by atoms with Crippen LogP contribution >= 0.6 is 11.3 Å². The van der Waals surface area contributed by atoms with Crippen LogP contribution in [0.25, 0.3) is 10.1 Å². The van der Waals surface area contributed by atoms with Gasteiger partial charge in [-0.05, 0) is 44.0 Å². The summed E-state index contributed by atoms with van der Waals surface area (Å²) in [6.45, 7) is 3.69. The Balaban J connectivity index is 2.07. The number of rotatable bonds is 4. The molecule has 3 rings (SSSR count). The minimum atomic E-state index is -0.948. The second-order valence-corrected chi connectivity index (χ2v) is 6.52. The van der Waals surface area contributed by atoms with E-state index in [0.717, 1.165) is 47.3 Å². The van der Waals surface area contributed by atoms with Gasteiger partial charge in [-0.2, -0.15) is 0 Å². The zero-order valence-electron chi connectivity index (χ0n) is 12.6. The van der Waals surface area contributed by atoms with Crippen molar-refractivity contribution in [2.24, 2.45) is 0 Å². The van der Waals surface area contributed by atoms with Crippen LogP contribution in [0.5, 0.6) is 11.5 Å². The third-order valence-electron chi connectivity index (χ3n) is 3.89. The highest BCUT2D eigenvalue weighted by Gasteiger charge is 2.24. The Bertz CT molecular complexity index is 704. The first kappa shape index (κ1) is 15.1. The summed E-state index contributed by atoms with van der Waals surface area (Å²) in [5.41, 5.74) is 0.985. The van der Waals surface area contributed by atoms with E-state index in [9.17, 15) is 9.90 Å². The predicted octanol–water partition coefficient (Wildman–Crippen LogP) is 3.05. The summed E-state index contributed by atoms with van der Waals surface area (Å²) in [7, 11) is 1.62. The second-order valence-electron chi connectivity index (χ2n) is 5.47. The van der Waals surface area contributed by atoms with Crippen LogP contribution in [0.4, 0.5) is 0 Å². The van der Waals surface area contributed by atoms with Crippen molar-refractivity contribution in [3.8, 4) is 11.5 Å². The largest absolute Gasteiger partial charge is 0.496 e. The molecule has 1 aromatic heterocycles. The fourth-order valence-electron chi connectivity index (χ4n) is 2.77. The summed E-state index contributed by atoms with van der Waals surface area (Å²) in [4.78, 5) is 11.8. The summed E-state index contributed by atoms with van der Waals surface area (Å²) in [6.07, 6.45) is 1.99. The maximum atomic E-state index is 11.6. The molecule has 0 saturated carbocycles. The maximum Gasteiger partial charge on any atom is 0.349 e. The molecule has 1 saturated heterocycles. The van der Waals surface area contributed by atoms with Gasteiger partial charge in [0.25, 0.3) is 0 Å². The maximum absolute atomic E-state index is 11.6. The highest BCUT2D eigenvalue weighted by Crippen LogP contribution is 2.41. The number of fused-ring (bicyclic) bond motifs is 1. The standard InChI is InChI=1S/C16H19NO4S/c1-9-6-13-11(7-12(9)20-2)14(15(22-13)16(18)19)21-10-4-3-5-17-8-10/h6-7,10,17H,3-5,8H2,1-2H3,(H,18,19). The Morgan fingerprint density at radius 1 is 1.45 bits per heavy atom. The molecule has 5 nitrogen and oxygen atoms in total. The van der Waals surface area contributed by atoms with Gasteiger partial charge in [0.1, 0.15) is 11.9 Å². The molecule has 0 aliphatic carbocycles. The van der Waals surface area contributed by atoms with Crippen molar-refractivity contribution in [3.05, 3.63) is 22.6 Å². The number of aryl methyl sites for hydroxylation is 1. The number of hydrogen-bond acceptors (Lipinski definition) is 5. The molecule has 2 N–H and O–H groups in total. The Hall–Kier alpha value is -1.79. The number of ether oxygens (including phenoxy) is 2. The summed E-state index contributed by atoms with van der Waals surface area (Å²) in [5, 5.41) is 13.6. The normalized spacial score (nSPS) is 18.4. The summed E-state index contributed by atoms with van der Waals surface area (Å²) < 4.78 is 12.3. The van der Waals surface area contributed by atoms with E-state index in [-0.39, 0.29) is 11.0 Å². The fourth-order valence-corrected chi connectivity index (χ4v) is 3.82. The van der Waals surface area contributed by atoms with Crippen molar-refractivity contribution in [1.29, 1.82) is 0 Å². The fraction of sp³-hybridized carbons (Fsp3) is 0.438. The third kappa shape index (κ3) is 2.76. The van der Waals surface area contributed by atoms with Gasteiger partial charge >= 0.3 is 5.97 Å². The van der Waals surface area contributed by atoms with Gasteiger partial charge in [0, 0.05) is 16.6 Å². The lowest BCUT2D eigenvalue weighted by molar-refractivity contribution is 0.0694. The van der Waals surface area contributed by atoms with Crippen LogP contribution in [-0.2, 0) is 0 Å². The molecule has 22 heavy (non-hydrogen) atoms. The third-order valence-corrected chi connectivity index (χ3v) is 5.01. The smallest absolute Gasteiger partial charge is 0.349 e. The van der Waals surface area contributed by atoms with E-state index in [4.69, 9.17) is 9.47 Å². The topological polar surface area (TPSA) is 67.8 Å².